The Kier molecular flexibility index (Phi) is 2.83. The van der Waals surface area contributed by atoms with E-state index in [0.717, 1.165) is 5.69 Å². The van der Waals surface area contributed by atoms with E-state index in [2.05, 4.69) is 0 Å². The molecule has 0 bridgehead atoms. The highest BCUT2D eigenvalue weighted by Gasteiger charge is 2.32. The smallest absolute Gasteiger partial charge is 0.227 e. The summed E-state index contributed by atoms with van der Waals surface area (Å²) in [4.78, 5) is 13.8. The molecule has 2 aliphatic rings. The van der Waals surface area contributed by atoms with E-state index in [1.807, 2.05) is 18.2 Å². The Morgan fingerprint density at radius 2 is 2.17 bits per heavy atom. The highest BCUT2D eigenvalue weighted by Crippen LogP contribution is 2.41. The van der Waals surface area contributed by atoms with Crippen molar-refractivity contribution >= 4 is 11.6 Å². The van der Waals surface area contributed by atoms with Crippen molar-refractivity contribution in [2.45, 2.75) is 6.42 Å². The fourth-order valence-electron chi connectivity index (χ4n) is 2.44. The number of benzene rings is 1. The number of nitrogens with two attached hydrogens (primary N) is 1. The summed E-state index contributed by atoms with van der Waals surface area (Å²) in [6.45, 7) is 2.27. The summed E-state index contributed by atoms with van der Waals surface area (Å²) < 4.78 is 11.2. The first-order valence-corrected chi connectivity index (χ1v) is 6.18. The third kappa shape index (κ3) is 1.80. The molecule has 2 N–H and O–H groups in total. The molecule has 1 aromatic rings. The van der Waals surface area contributed by atoms with Gasteiger partial charge >= 0.3 is 0 Å². The molecule has 1 amide bonds. The largest absolute Gasteiger partial charge is 0.486 e. The Morgan fingerprint density at radius 1 is 1.33 bits per heavy atom. The molecule has 2 aliphatic heterocycles. The second-order valence-corrected chi connectivity index (χ2v) is 4.61. The van der Waals surface area contributed by atoms with Gasteiger partial charge in [-0.25, -0.2) is 0 Å². The zero-order valence-corrected chi connectivity index (χ0v) is 10.1. The number of carbonyl (C=O) groups excluding carboxylic acids is 1. The van der Waals surface area contributed by atoms with Crippen LogP contribution >= 0.6 is 0 Å². The Bertz CT molecular complexity index is 475. The average molecular weight is 248 g/mol. The zero-order valence-electron chi connectivity index (χ0n) is 10.1. The maximum Gasteiger partial charge on any atom is 0.227 e. The lowest BCUT2D eigenvalue weighted by Gasteiger charge is -2.25. The van der Waals surface area contributed by atoms with E-state index < -0.39 is 0 Å². The molecule has 0 aromatic heterocycles. The number of anilines is 1. The lowest BCUT2D eigenvalue weighted by atomic mass is 10.1. The molecule has 5 nitrogen and oxygen atoms in total. The van der Waals surface area contributed by atoms with Crippen LogP contribution in [0.25, 0.3) is 0 Å². The van der Waals surface area contributed by atoms with Gasteiger partial charge in [0.1, 0.15) is 13.2 Å². The summed E-state index contributed by atoms with van der Waals surface area (Å²) >= 11 is 0. The maximum atomic E-state index is 12.0. The molecule has 0 spiro atoms. The van der Waals surface area contributed by atoms with E-state index in [4.69, 9.17) is 15.2 Å². The van der Waals surface area contributed by atoms with Crippen molar-refractivity contribution in [1.29, 1.82) is 0 Å². The van der Waals surface area contributed by atoms with Gasteiger partial charge in [0.05, 0.1) is 5.69 Å². The Balaban J connectivity index is 1.95. The molecule has 0 saturated carbocycles. The molecule has 5 heteroatoms. The Labute approximate surface area is 105 Å². The zero-order chi connectivity index (χ0) is 12.5. The monoisotopic (exact) mass is 248 g/mol. The molecule has 2 heterocycles. The molecular formula is C13H16N2O3. The van der Waals surface area contributed by atoms with Crippen LogP contribution in [0.5, 0.6) is 11.5 Å². The third-order valence-electron chi connectivity index (χ3n) is 3.37. The summed E-state index contributed by atoms with van der Waals surface area (Å²) in [6.07, 6.45) is 0.515. The highest BCUT2D eigenvalue weighted by molar-refractivity contribution is 5.97. The van der Waals surface area contributed by atoms with E-state index in [-0.39, 0.29) is 11.8 Å². The minimum atomic E-state index is 0.105. The number of hydrogen-bond acceptors (Lipinski definition) is 4. The van der Waals surface area contributed by atoms with Crippen molar-refractivity contribution in [3.05, 3.63) is 18.2 Å². The molecule has 3 rings (SSSR count). The van der Waals surface area contributed by atoms with Crippen LogP contribution in [0.1, 0.15) is 6.42 Å². The first-order chi connectivity index (χ1) is 8.79. The second-order valence-electron chi connectivity index (χ2n) is 4.61. The van der Waals surface area contributed by atoms with E-state index in [1.54, 1.807) is 4.90 Å². The fourth-order valence-corrected chi connectivity index (χ4v) is 2.44. The summed E-state index contributed by atoms with van der Waals surface area (Å²) in [5, 5.41) is 0. The van der Waals surface area contributed by atoms with Gasteiger partial charge in [-0.3, -0.25) is 4.79 Å². The van der Waals surface area contributed by atoms with Crippen LogP contribution in [0.2, 0.25) is 0 Å². The van der Waals surface area contributed by atoms with Crippen molar-refractivity contribution < 1.29 is 14.3 Å². The second kappa shape index (κ2) is 4.49. The van der Waals surface area contributed by atoms with Gasteiger partial charge in [0.25, 0.3) is 0 Å². The topological polar surface area (TPSA) is 64.8 Å². The van der Waals surface area contributed by atoms with Gasteiger partial charge in [-0.1, -0.05) is 6.07 Å². The summed E-state index contributed by atoms with van der Waals surface area (Å²) in [5.41, 5.74) is 6.44. The molecule has 18 heavy (non-hydrogen) atoms. The number of ether oxygens (including phenoxy) is 2. The minimum absolute atomic E-state index is 0.105. The molecule has 1 unspecified atom stereocenters. The predicted molar refractivity (Wildman–Crippen MR) is 66.9 cm³/mol. The Morgan fingerprint density at radius 3 is 2.94 bits per heavy atom. The van der Waals surface area contributed by atoms with Crippen molar-refractivity contribution in [3.63, 3.8) is 0 Å². The summed E-state index contributed by atoms with van der Waals surface area (Å²) in [6, 6.07) is 5.63. The number of fused-ring (bicyclic) bond motifs is 1. The molecule has 1 atom stereocenters. The first kappa shape index (κ1) is 11.3. The number of para-hydroxylation sites is 1. The molecule has 1 fully saturated rings. The predicted octanol–water partition coefficient (Wildman–Crippen LogP) is 0.769. The normalized spacial score (nSPS) is 22.4. The van der Waals surface area contributed by atoms with Crippen molar-refractivity contribution in [3.8, 4) is 11.5 Å². The number of nitrogens with zero attached hydrogens (tertiary/aromatic N) is 1. The van der Waals surface area contributed by atoms with Gasteiger partial charge < -0.3 is 20.1 Å². The van der Waals surface area contributed by atoms with Gasteiger partial charge in [0, 0.05) is 13.0 Å². The third-order valence-corrected chi connectivity index (χ3v) is 3.37. The van der Waals surface area contributed by atoms with Crippen molar-refractivity contribution in [2.75, 3.05) is 31.2 Å². The van der Waals surface area contributed by atoms with Crippen LogP contribution in [0.3, 0.4) is 0 Å². The minimum Gasteiger partial charge on any atom is -0.486 e. The molecule has 1 saturated heterocycles. The van der Waals surface area contributed by atoms with E-state index >= 15 is 0 Å². The van der Waals surface area contributed by atoms with E-state index in [0.29, 0.717) is 44.2 Å². The van der Waals surface area contributed by atoms with Gasteiger partial charge in [-0.15, -0.1) is 0 Å². The number of carbonyl (C=O) groups is 1. The van der Waals surface area contributed by atoms with Gasteiger partial charge in [-0.2, -0.15) is 0 Å². The molecule has 1 aromatic carbocycles. The summed E-state index contributed by atoms with van der Waals surface area (Å²) in [7, 11) is 0. The molecule has 0 radical (unpaired) electrons. The van der Waals surface area contributed by atoms with Gasteiger partial charge in [0.15, 0.2) is 11.5 Å². The van der Waals surface area contributed by atoms with Crippen LogP contribution in [0.15, 0.2) is 18.2 Å². The fraction of sp³-hybridized carbons (Fsp3) is 0.462. The Hall–Kier alpha value is -1.75. The summed E-state index contributed by atoms with van der Waals surface area (Å²) in [5.74, 6) is 1.73. The van der Waals surface area contributed by atoms with Crippen LogP contribution in [-0.4, -0.2) is 32.2 Å². The average Bonchev–Trinajstić information content (AvgIpc) is 2.79. The lowest BCUT2D eigenvalue weighted by molar-refractivity contribution is -0.117. The van der Waals surface area contributed by atoms with E-state index in [9.17, 15) is 4.79 Å². The number of amides is 1. The highest BCUT2D eigenvalue weighted by atomic mass is 16.6. The molecule has 0 aliphatic carbocycles. The standard InChI is InChI=1S/C13H16N2O3/c14-7-9-6-12(16)15(8-9)10-2-1-3-11-13(10)18-5-4-17-11/h1-3,9H,4-8,14H2. The first-order valence-electron chi connectivity index (χ1n) is 6.18. The molecular weight excluding hydrogens is 232 g/mol. The quantitative estimate of drug-likeness (QED) is 0.839. The number of rotatable bonds is 2. The lowest BCUT2D eigenvalue weighted by Crippen LogP contribution is -2.27. The van der Waals surface area contributed by atoms with Gasteiger partial charge in [-0.05, 0) is 24.6 Å². The van der Waals surface area contributed by atoms with Crippen LogP contribution < -0.4 is 20.1 Å². The van der Waals surface area contributed by atoms with Crippen LogP contribution in [0, 0.1) is 5.92 Å². The van der Waals surface area contributed by atoms with Crippen LogP contribution in [0.4, 0.5) is 5.69 Å². The van der Waals surface area contributed by atoms with Crippen molar-refractivity contribution in [2.24, 2.45) is 11.7 Å². The van der Waals surface area contributed by atoms with E-state index in [1.165, 1.54) is 0 Å². The number of hydrogen-bond donors (Lipinski definition) is 1. The molecule has 96 valence electrons. The van der Waals surface area contributed by atoms with Gasteiger partial charge in [0.2, 0.25) is 5.91 Å². The van der Waals surface area contributed by atoms with Crippen molar-refractivity contribution in [1.82, 2.24) is 0 Å². The van der Waals surface area contributed by atoms with Crippen LogP contribution in [-0.2, 0) is 4.79 Å². The SMILES string of the molecule is NCC1CC(=O)N(c2cccc3c2OCCO3)C1. The maximum absolute atomic E-state index is 12.0.